The Labute approximate surface area is 221 Å². The maximum atomic E-state index is 11.6. The third-order valence-corrected chi connectivity index (χ3v) is 10.8. The van der Waals surface area contributed by atoms with Crippen LogP contribution in [0, 0.1) is 11.8 Å². The first-order valence-corrected chi connectivity index (χ1v) is 15.3. The van der Waals surface area contributed by atoms with Crippen LogP contribution >= 0.6 is 0 Å². The molecule has 2 saturated carbocycles. The summed E-state index contributed by atoms with van der Waals surface area (Å²) in [4.78, 5) is 22.0. The van der Waals surface area contributed by atoms with Gasteiger partial charge in [0.1, 0.15) is 5.82 Å². The number of hydrogen-bond acceptors (Lipinski definition) is 4. The van der Waals surface area contributed by atoms with Crippen molar-refractivity contribution in [1.82, 2.24) is 19.4 Å². The number of likely N-dealkylation sites (tertiary alicyclic amines) is 1. The molecule has 6 heteroatoms. The fraction of sp³-hybridized carbons (Fsp3) is 0.742. The highest BCUT2D eigenvalue weighted by Gasteiger charge is 2.46. The van der Waals surface area contributed by atoms with Crippen LogP contribution in [0.1, 0.15) is 108 Å². The molecule has 3 aliphatic heterocycles. The van der Waals surface area contributed by atoms with Gasteiger partial charge in [-0.05, 0) is 88.3 Å². The van der Waals surface area contributed by atoms with Crippen LogP contribution in [0.3, 0.4) is 0 Å². The zero-order valence-electron chi connectivity index (χ0n) is 22.3. The molecule has 1 aromatic heterocycles. The van der Waals surface area contributed by atoms with Gasteiger partial charge in [-0.15, -0.1) is 0 Å². The van der Waals surface area contributed by atoms with Crippen molar-refractivity contribution in [3.63, 3.8) is 0 Å². The zero-order chi connectivity index (χ0) is 24.9. The molecule has 0 spiro atoms. The van der Waals surface area contributed by atoms with Gasteiger partial charge in [-0.2, -0.15) is 0 Å². The van der Waals surface area contributed by atoms with Gasteiger partial charge in [0.15, 0.2) is 0 Å². The minimum atomic E-state index is -0.731. The highest BCUT2D eigenvalue weighted by Crippen LogP contribution is 2.48. The molecule has 37 heavy (non-hydrogen) atoms. The summed E-state index contributed by atoms with van der Waals surface area (Å²) in [6.07, 6.45) is 18.8. The SMILES string of the molecule is O=C(O)CN1CCC[C@@H]1c1nc2ccccc2n1C1C[C@H]2CCC[C@@H](C1)N2[C@@H]1C[C@@H]2CCCC[C@@H](C2)C1. The Hall–Kier alpha value is -1.92. The Morgan fingerprint density at radius 1 is 0.811 bits per heavy atom. The predicted octanol–water partition coefficient (Wildman–Crippen LogP) is 6.17. The molecule has 6 nitrogen and oxygen atoms in total. The molecule has 7 atom stereocenters. The van der Waals surface area contributed by atoms with E-state index in [0.29, 0.717) is 18.1 Å². The van der Waals surface area contributed by atoms with Gasteiger partial charge in [0, 0.05) is 24.2 Å². The number of nitrogens with zero attached hydrogens (tertiary/aromatic N) is 4. The van der Waals surface area contributed by atoms with E-state index in [1.807, 2.05) is 0 Å². The third kappa shape index (κ3) is 4.52. The van der Waals surface area contributed by atoms with E-state index in [9.17, 15) is 9.90 Å². The number of carboxylic acid groups (broad SMARTS) is 1. The fourth-order valence-electron chi connectivity index (χ4n) is 9.47. The van der Waals surface area contributed by atoms with Crippen LogP contribution in [0.25, 0.3) is 11.0 Å². The predicted molar refractivity (Wildman–Crippen MR) is 146 cm³/mol. The number of carbonyl (C=O) groups is 1. The molecule has 7 rings (SSSR count). The summed E-state index contributed by atoms with van der Waals surface area (Å²) < 4.78 is 2.59. The van der Waals surface area contributed by atoms with Gasteiger partial charge in [-0.3, -0.25) is 14.6 Å². The number of aromatic nitrogens is 2. The summed E-state index contributed by atoms with van der Waals surface area (Å²) in [6.45, 7) is 0.968. The molecule has 3 saturated heterocycles. The number of aliphatic carboxylic acids is 1. The molecule has 200 valence electrons. The average molecular weight is 505 g/mol. The smallest absolute Gasteiger partial charge is 0.317 e. The highest BCUT2D eigenvalue weighted by atomic mass is 16.4. The Morgan fingerprint density at radius 2 is 1.54 bits per heavy atom. The molecule has 4 bridgehead atoms. The summed E-state index contributed by atoms with van der Waals surface area (Å²) in [5.74, 6) is 2.33. The maximum absolute atomic E-state index is 11.6. The average Bonchev–Trinajstić information content (AvgIpc) is 3.45. The molecule has 4 heterocycles. The lowest BCUT2D eigenvalue weighted by atomic mass is 9.73. The first-order valence-electron chi connectivity index (χ1n) is 15.3. The lowest BCUT2D eigenvalue weighted by molar-refractivity contribution is -0.138. The second kappa shape index (κ2) is 10.00. The van der Waals surface area contributed by atoms with Gasteiger partial charge in [0.05, 0.1) is 23.6 Å². The Bertz CT molecular complexity index is 1100. The molecule has 0 radical (unpaired) electrons. The summed E-state index contributed by atoms with van der Waals surface area (Å²) in [7, 11) is 0. The topological polar surface area (TPSA) is 61.6 Å². The molecule has 1 unspecified atom stereocenters. The minimum absolute atomic E-state index is 0.113. The summed E-state index contributed by atoms with van der Waals surface area (Å²) in [5, 5.41) is 9.56. The fourth-order valence-corrected chi connectivity index (χ4v) is 9.47. The molecule has 0 amide bonds. The molecule has 5 fully saturated rings. The van der Waals surface area contributed by atoms with E-state index in [0.717, 1.165) is 48.6 Å². The molecular formula is C31H44N4O2. The van der Waals surface area contributed by atoms with Crippen LogP contribution in [0.4, 0.5) is 0 Å². The standard InChI is InChI=1S/C31H44N4O2/c36-30(37)20-33-14-6-13-29(33)31-32-27-11-3-4-12-28(27)35(31)26-18-23-9-5-10-24(19-26)34(23)25-16-21-7-1-2-8-22(15-21)17-25/h3-4,11-12,21-26,29H,1-2,5-10,13-20H2,(H,36,37)/t21-,22+,23-,24+,25-,26?,29-/m1/s1. The Morgan fingerprint density at radius 3 is 2.27 bits per heavy atom. The number of benzene rings is 1. The molecule has 5 aliphatic rings. The minimum Gasteiger partial charge on any atom is -0.480 e. The van der Waals surface area contributed by atoms with Crippen molar-refractivity contribution >= 4 is 17.0 Å². The maximum Gasteiger partial charge on any atom is 0.317 e. The van der Waals surface area contributed by atoms with E-state index in [1.54, 1.807) is 0 Å². The van der Waals surface area contributed by atoms with Crippen molar-refractivity contribution in [3.8, 4) is 0 Å². The second-order valence-corrected chi connectivity index (χ2v) is 13.0. The molecule has 1 aromatic carbocycles. The summed E-state index contributed by atoms with van der Waals surface area (Å²) >= 11 is 0. The lowest BCUT2D eigenvalue weighted by Gasteiger charge is -2.55. The Balaban J connectivity index is 1.20. The largest absolute Gasteiger partial charge is 0.480 e. The van der Waals surface area contributed by atoms with Crippen molar-refractivity contribution in [2.75, 3.05) is 13.1 Å². The van der Waals surface area contributed by atoms with Gasteiger partial charge in [0.25, 0.3) is 0 Å². The monoisotopic (exact) mass is 504 g/mol. The number of carboxylic acids is 1. The highest BCUT2D eigenvalue weighted by molar-refractivity contribution is 5.76. The van der Waals surface area contributed by atoms with E-state index in [2.05, 4.69) is 38.6 Å². The van der Waals surface area contributed by atoms with Crippen molar-refractivity contribution < 1.29 is 9.90 Å². The van der Waals surface area contributed by atoms with Crippen LogP contribution in [0.15, 0.2) is 24.3 Å². The third-order valence-electron chi connectivity index (χ3n) is 10.8. The van der Waals surface area contributed by atoms with Gasteiger partial charge in [-0.1, -0.05) is 44.2 Å². The van der Waals surface area contributed by atoms with E-state index in [-0.39, 0.29) is 12.6 Å². The van der Waals surface area contributed by atoms with Crippen LogP contribution in [-0.2, 0) is 4.79 Å². The number of fused-ring (bicyclic) bond motifs is 5. The van der Waals surface area contributed by atoms with Gasteiger partial charge in [-0.25, -0.2) is 4.98 Å². The van der Waals surface area contributed by atoms with Gasteiger partial charge < -0.3 is 9.67 Å². The van der Waals surface area contributed by atoms with Crippen molar-refractivity contribution in [2.24, 2.45) is 11.8 Å². The zero-order valence-corrected chi connectivity index (χ0v) is 22.3. The first kappa shape index (κ1) is 24.1. The molecular weight excluding hydrogens is 460 g/mol. The normalized spacial score (nSPS) is 37.0. The van der Waals surface area contributed by atoms with Crippen LogP contribution in [-0.4, -0.2) is 61.6 Å². The second-order valence-electron chi connectivity index (χ2n) is 13.0. The number of hydrogen-bond donors (Lipinski definition) is 1. The molecule has 2 aromatic rings. The van der Waals surface area contributed by atoms with Gasteiger partial charge in [0.2, 0.25) is 0 Å². The Kier molecular flexibility index (Phi) is 6.52. The van der Waals surface area contributed by atoms with E-state index >= 15 is 0 Å². The van der Waals surface area contributed by atoms with Crippen LogP contribution in [0.5, 0.6) is 0 Å². The van der Waals surface area contributed by atoms with Crippen LogP contribution in [0.2, 0.25) is 0 Å². The summed E-state index contributed by atoms with van der Waals surface area (Å²) in [6, 6.07) is 11.4. The lowest BCUT2D eigenvalue weighted by Crippen LogP contribution is -2.58. The van der Waals surface area contributed by atoms with Crippen LogP contribution < -0.4 is 0 Å². The summed E-state index contributed by atoms with van der Waals surface area (Å²) in [5.41, 5.74) is 2.32. The van der Waals surface area contributed by atoms with E-state index in [1.165, 1.54) is 82.6 Å². The van der Waals surface area contributed by atoms with Crippen molar-refractivity contribution in [1.29, 1.82) is 0 Å². The first-order chi connectivity index (χ1) is 18.1. The molecule has 2 aliphatic carbocycles. The number of rotatable bonds is 5. The van der Waals surface area contributed by atoms with E-state index in [4.69, 9.17) is 4.98 Å². The van der Waals surface area contributed by atoms with E-state index < -0.39 is 5.97 Å². The van der Waals surface area contributed by atoms with Gasteiger partial charge >= 0.3 is 5.97 Å². The number of piperidine rings is 2. The number of para-hydroxylation sites is 2. The van der Waals surface area contributed by atoms with Crippen molar-refractivity contribution in [2.45, 2.75) is 120 Å². The number of imidazole rings is 1. The molecule has 1 N–H and O–H groups in total. The van der Waals surface area contributed by atoms with Crippen molar-refractivity contribution in [3.05, 3.63) is 30.1 Å². The quantitative estimate of drug-likeness (QED) is 0.527.